The predicted molar refractivity (Wildman–Crippen MR) is 72.2 cm³/mol. The van der Waals surface area contributed by atoms with Gasteiger partial charge in [0.15, 0.2) is 0 Å². The van der Waals surface area contributed by atoms with Crippen molar-refractivity contribution >= 4 is 5.69 Å². The number of nitrogens with zero attached hydrogens (tertiary/aromatic N) is 3. The van der Waals surface area contributed by atoms with E-state index in [1.54, 1.807) is 0 Å². The highest BCUT2D eigenvalue weighted by molar-refractivity contribution is 5.46. The maximum atomic E-state index is 8.75. The van der Waals surface area contributed by atoms with Crippen LogP contribution >= 0.6 is 0 Å². The van der Waals surface area contributed by atoms with Gasteiger partial charge in [0, 0.05) is 31.2 Å². The third-order valence-corrected chi connectivity index (χ3v) is 2.82. The molecule has 0 spiro atoms. The zero-order valence-corrected chi connectivity index (χ0v) is 10.6. The van der Waals surface area contributed by atoms with Gasteiger partial charge < -0.3 is 4.90 Å². The van der Waals surface area contributed by atoms with Crippen LogP contribution in [0.2, 0.25) is 0 Å². The SMILES string of the molecule is Cc1cc(N(C)Cc2ccc(C#N)cc2)ccn1. The first-order valence-electron chi connectivity index (χ1n) is 5.82. The van der Waals surface area contributed by atoms with E-state index in [2.05, 4.69) is 22.0 Å². The summed E-state index contributed by atoms with van der Waals surface area (Å²) in [5, 5.41) is 8.75. The number of rotatable bonds is 3. The Hall–Kier alpha value is -2.34. The topological polar surface area (TPSA) is 39.9 Å². The summed E-state index contributed by atoms with van der Waals surface area (Å²) in [6, 6.07) is 13.9. The second kappa shape index (κ2) is 5.33. The minimum atomic E-state index is 0.696. The number of hydrogen-bond donors (Lipinski definition) is 0. The van der Waals surface area contributed by atoms with Crippen molar-refractivity contribution in [2.75, 3.05) is 11.9 Å². The van der Waals surface area contributed by atoms with Crippen LogP contribution in [0.1, 0.15) is 16.8 Å². The van der Waals surface area contributed by atoms with E-state index in [1.165, 1.54) is 5.56 Å². The van der Waals surface area contributed by atoms with Crippen LogP contribution in [-0.2, 0) is 6.54 Å². The third kappa shape index (κ3) is 2.86. The van der Waals surface area contributed by atoms with Crippen molar-refractivity contribution in [3.63, 3.8) is 0 Å². The lowest BCUT2D eigenvalue weighted by Crippen LogP contribution is -2.16. The monoisotopic (exact) mass is 237 g/mol. The first kappa shape index (κ1) is 12.1. The molecule has 18 heavy (non-hydrogen) atoms. The Morgan fingerprint density at radius 3 is 2.56 bits per heavy atom. The quantitative estimate of drug-likeness (QED) is 0.824. The molecule has 0 fully saturated rings. The zero-order chi connectivity index (χ0) is 13.0. The molecule has 0 amide bonds. The van der Waals surface area contributed by atoms with Gasteiger partial charge in [0.1, 0.15) is 0 Å². The normalized spacial score (nSPS) is 9.83. The fourth-order valence-corrected chi connectivity index (χ4v) is 1.82. The van der Waals surface area contributed by atoms with E-state index in [0.29, 0.717) is 5.56 Å². The van der Waals surface area contributed by atoms with E-state index in [0.717, 1.165) is 17.9 Å². The van der Waals surface area contributed by atoms with Crippen molar-refractivity contribution in [2.24, 2.45) is 0 Å². The highest BCUT2D eigenvalue weighted by Gasteiger charge is 2.02. The smallest absolute Gasteiger partial charge is 0.0991 e. The molecule has 0 unspecified atom stereocenters. The van der Waals surface area contributed by atoms with Crippen molar-refractivity contribution in [2.45, 2.75) is 13.5 Å². The Balaban J connectivity index is 2.11. The number of anilines is 1. The Kier molecular flexibility index (Phi) is 3.59. The van der Waals surface area contributed by atoms with Gasteiger partial charge in [0.25, 0.3) is 0 Å². The predicted octanol–water partition coefficient (Wildman–Crippen LogP) is 2.90. The molecule has 0 saturated heterocycles. The van der Waals surface area contributed by atoms with Crippen LogP contribution in [0.5, 0.6) is 0 Å². The maximum Gasteiger partial charge on any atom is 0.0991 e. The second-order valence-corrected chi connectivity index (χ2v) is 4.32. The van der Waals surface area contributed by atoms with Crippen LogP contribution in [0.15, 0.2) is 42.6 Å². The molecule has 2 aromatic rings. The number of aromatic nitrogens is 1. The summed E-state index contributed by atoms with van der Waals surface area (Å²) in [6.45, 7) is 2.80. The van der Waals surface area contributed by atoms with Crippen LogP contribution in [0.25, 0.3) is 0 Å². The molecule has 0 atom stereocenters. The number of aryl methyl sites for hydroxylation is 1. The van der Waals surface area contributed by atoms with Gasteiger partial charge in [-0.05, 0) is 36.8 Å². The molecule has 1 heterocycles. The lowest BCUT2D eigenvalue weighted by atomic mass is 10.1. The lowest BCUT2D eigenvalue weighted by Gasteiger charge is -2.19. The summed E-state index contributed by atoms with van der Waals surface area (Å²) >= 11 is 0. The molecule has 0 N–H and O–H groups in total. The minimum absolute atomic E-state index is 0.696. The van der Waals surface area contributed by atoms with Gasteiger partial charge in [-0.2, -0.15) is 5.26 Å². The molecule has 2 rings (SSSR count). The molecule has 0 aliphatic carbocycles. The van der Waals surface area contributed by atoms with Gasteiger partial charge in [-0.3, -0.25) is 4.98 Å². The standard InChI is InChI=1S/C15H15N3/c1-12-9-15(7-8-17-12)18(2)11-14-5-3-13(10-16)4-6-14/h3-9H,11H2,1-2H3. The molecule has 3 heteroatoms. The fraction of sp³-hybridized carbons (Fsp3) is 0.200. The molecule has 0 saturated carbocycles. The largest absolute Gasteiger partial charge is 0.370 e. The molecule has 0 radical (unpaired) electrons. The Labute approximate surface area is 107 Å². The number of nitriles is 1. The fourth-order valence-electron chi connectivity index (χ4n) is 1.82. The first-order valence-corrected chi connectivity index (χ1v) is 5.82. The highest BCUT2D eigenvalue weighted by atomic mass is 15.1. The summed E-state index contributed by atoms with van der Waals surface area (Å²) in [5.74, 6) is 0. The molecule has 3 nitrogen and oxygen atoms in total. The molecule has 90 valence electrons. The van der Waals surface area contributed by atoms with E-state index < -0.39 is 0 Å². The van der Waals surface area contributed by atoms with Crippen LogP contribution in [0.3, 0.4) is 0 Å². The first-order chi connectivity index (χ1) is 8.69. The van der Waals surface area contributed by atoms with Crippen molar-refractivity contribution < 1.29 is 0 Å². The molecular weight excluding hydrogens is 222 g/mol. The van der Waals surface area contributed by atoms with Crippen molar-refractivity contribution in [1.82, 2.24) is 4.98 Å². The summed E-state index contributed by atoms with van der Waals surface area (Å²) in [4.78, 5) is 6.35. The van der Waals surface area contributed by atoms with E-state index in [-0.39, 0.29) is 0 Å². The Morgan fingerprint density at radius 1 is 1.22 bits per heavy atom. The van der Waals surface area contributed by atoms with Gasteiger partial charge in [-0.15, -0.1) is 0 Å². The Bertz CT molecular complexity index is 567. The highest BCUT2D eigenvalue weighted by Crippen LogP contribution is 2.15. The summed E-state index contributed by atoms with van der Waals surface area (Å²) in [5.41, 5.74) is 4.04. The van der Waals surface area contributed by atoms with Gasteiger partial charge in [-0.25, -0.2) is 0 Å². The average molecular weight is 237 g/mol. The van der Waals surface area contributed by atoms with Gasteiger partial charge in [0.05, 0.1) is 11.6 Å². The van der Waals surface area contributed by atoms with Gasteiger partial charge in [-0.1, -0.05) is 12.1 Å². The van der Waals surface area contributed by atoms with Crippen molar-refractivity contribution in [1.29, 1.82) is 5.26 Å². The number of hydrogen-bond acceptors (Lipinski definition) is 3. The third-order valence-electron chi connectivity index (χ3n) is 2.82. The number of benzene rings is 1. The van der Waals surface area contributed by atoms with E-state index in [4.69, 9.17) is 5.26 Å². The van der Waals surface area contributed by atoms with Gasteiger partial charge >= 0.3 is 0 Å². The lowest BCUT2D eigenvalue weighted by molar-refractivity contribution is 0.918. The average Bonchev–Trinajstić information content (AvgIpc) is 2.39. The van der Waals surface area contributed by atoms with Gasteiger partial charge in [0.2, 0.25) is 0 Å². The van der Waals surface area contributed by atoms with Crippen molar-refractivity contribution in [3.05, 3.63) is 59.4 Å². The molecule has 1 aromatic carbocycles. The molecule has 0 aliphatic heterocycles. The van der Waals surface area contributed by atoms with Crippen LogP contribution in [0.4, 0.5) is 5.69 Å². The molecule has 1 aromatic heterocycles. The van der Waals surface area contributed by atoms with Crippen molar-refractivity contribution in [3.8, 4) is 6.07 Å². The summed E-state index contributed by atoms with van der Waals surface area (Å²) < 4.78 is 0. The van der Waals surface area contributed by atoms with Crippen LogP contribution < -0.4 is 4.90 Å². The second-order valence-electron chi connectivity index (χ2n) is 4.32. The van der Waals surface area contributed by atoms with Crippen LogP contribution in [-0.4, -0.2) is 12.0 Å². The Morgan fingerprint density at radius 2 is 1.94 bits per heavy atom. The number of pyridine rings is 1. The van der Waals surface area contributed by atoms with E-state index >= 15 is 0 Å². The summed E-state index contributed by atoms with van der Waals surface area (Å²) in [7, 11) is 2.05. The van der Waals surface area contributed by atoms with E-state index in [9.17, 15) is 0 Å². The molecular formula is C15H15N3. The summed E-state index contributed by atoms with van der Waals surface area (Å²) in [6.07, 6.45) is 1.82. The van der Waals surface area contributed by atoms with Crippen LogP contribution in [0, 0.1) is 18.3 Å². The zero-order valence-electron chi connectivity index (χ0n) is 10.6. The minimum Gasteiger partial charge on any atom is -0.370 e. The molecule has 0 bridgehead atoms. The van der Waals surface area contributed by atoms with E-state index in [1.807, 2.05) is 50.5 Å². The maximum absolute atomic E-state index is 8.75. The molecule has 0 aliphatic rings.